The lowest BCUT2D eigenvalue weighted by molar-refractivity contribution is -0.133. The Labute approximate surface area is 186 Å². The molecule has 0 atom stereocenters. The number of carbonyl (C=O) groups is 2. The van der Waals surface area contributed by atoms with E-state index in [-0.39, 0.29) is 37.3 Å². The Balaban J connectivity index is 1.79. The van der Waals surface area contributed by atoms with Crippen LogP contribution < -0.4 is 0 Å². The van der Waals surface area contributed by atoms with Gasteiger partial charge in [-0.2, -0.15) is 0 Å². The van der Waals surface area contributed by atoms with E-state index in [4.69, 9.17) is 4.42 Å². The van der Waals surface area contributed by atoms with Crippen molar-refractivity contribution in [3.05, 3.63) is 94.9 Å². The quantitative estimate of drug-likeness (QED) is 0.473. The summed E-state index contributed by atoms with van der Waals surface area (Å²) in [6.07, 6.45) is 0.662. The number of nitrogens with zero attached hydrogens (tertiary/aromatic N) is 2. The Morgan fingerprint density at radius 1 is 0.844 bits per heavy atom. The molecule has 0 unspecified atom stereocenters. The number of rotatable bonds is 9. The molecular weight excluding hydrogens is 414 g/mol. The highest BCUT2D eigenvalue weighted by atomic mass is 19.1. The number of furan rings is 1. The molecule has 0 aliphatic carbocycles. The van der Waals surface area contributed by atoms with Gasteiger partial charge in [0.05, 0.1) is 6.54 Å². The van der Waals surface area contributed by atoms with E-state index in [9.17, 15) is 18.4 Å². The Kier molecular flexibility index (Phi) is 7.76. The van der Waals surface area contributed by atoms with Crippen LogP contribution in [0.1, 0.15) is 40.8 Å². The Hall–Kier alpha value is -3.48. The number of hydrogen-bond acceptors (Lipinski definition) is 3. The van der Waals surface area contributed by atoms with Crippen LogP contribution in [0.25, 0.3) is 0 Å². The first kappa shape index (κ1) is 23.2. The molecule has 7 heteroatoms. The molecule has 0 saturated heterocycles. The van der Waals surface area contributed by atoms with Crippen LogP contribution >= 0.6 is 0 Å². The van der Waals surface area contributed by atoms with Gasteiger partial charge in [-0.3, -0.25) is 9.59 Å². The van der Waals surface area contributed by atoms with E-state index in [1.54, 1.807) is 23.1 Å². The minimum atomic E-state index is -0.432. The first-order chi connectivity index (χ1) is 15.4. The predicted molar refractivity (Wildman–Crippen MR) is 117 cm³/mol. The number of amides is 2. The zero-order chi connectivity index (χ0) is 23.1. The third-order valence-corrected chi connectivity index (χ3v) is 4.98. The van der Waals surface area contributed by atoms with Crippen LogP contribution in [0, 0.1) is 18.6 Å². The number of hydrogen-bond donors (Lipinski definition) is 0. The van der Waals surface area contributed by atoms with Gasteiger partial charge in [-0.25, -0.2) is 8.78 Å². The summed E-state index contributed by atoms with van der Waals surface area (Å²) in [4.78, 5) is 29.2. The van der Waals surface area contributed by atoms with Gasteiger partial charge in [-0.05, 0) is 67.4 Å². The second-order valence-electron chi connectivity index (χ2n) is 7.62. The number of benzene rings is 2. The molecule has 0 bridgehead atoms. The fourth-order valence-electron chi connectivity index (χ4n) is 3.36. The molecule has 32 heavy (non-hydrogen) atoms. The van der Waals surface area contributed by atoms with Crippen LogP contribution in [-0.4, -0.2) is 34.7 Å². The molecule has 0 aliphatic heterocycles. The summed E-state index contributed by atoms with van der Waals surface area (Å²) in [5.41, 5.74) is 1.08. The van der Waals surface area contributed by atoms with Crippen LogP contribution in [0.15, 0.2) is 65.1 Å². The molecule has 0 aliphatic rings. The largest absolute Gasteiger partial charge is 0.464 e. The molecule has 0 fully saturated rings. The number of aryl methyl sites for hydroxylation is 1. The molecule has 2 amide bonds. The van der Waals surface area contributed by atoms with Crippen molar-refractivity contribution in [2.75, 3.05) is 13.1 Å². The van der Waals surface area contributed by atoms with Gasteiger partial charge >= 0.3 is 0 Å². The van der Waals surface area contributed by atoms with Crippen LogP contribution in [0.4, 0.5) is 8.78 Å². The van der Waals surface area contributed by atoms with E-state index in [1.807, 2.05) is 19.9 Å². The molecule has 0 spiro atoms. The second kappa shape index (κ2) is 10.7. The summed E-state index contributed by atoms with van der Waals surface area (Å²) in [5.74, 6) is -0.0487. The van der Waals surface area contributed by atoms with Crippen LogP contribution in [0.5, 0.6) is 0 Å². The molecule has 0 radical (unpaired) electrons. The average Bonchev–Trinajstić information content (AvgIpc) is 3.19. The highest BCUT2D eigenvalue weighted by Crippen LogP contribution is 2.15. The SMILES string of the molecule is CCCN(CC(=O)N(Cc1ccc(F)cc1)Cc1ccc(C)o1)C(=O)c1ccc(F)cc1. The van der Waals surface area contributed by atoms with Crippen molar-refractivity contribution in [3.8, 4) is 0 Å². The summed E-state index contributed by atoms with van der Waals surface area (Å²) in [7, 11) is 0. The summed E-state index contributed by atoms with van der Waals surface area (Å²) in [6.45, 7) is 4.44. The molecular formula is C25H26F2N2O3. The Morgan fingerprint density at radius 2 is 1.47 bits per heavy atom. The maximum atomic E-state index is 13.3. The zero-order valence-corrected chi connectivity index (χ0v) is 18.2. The zero-order valence-electron chi connectivity index (χ0n) is 18.2. The summed E-state index contributed by atoms with van der Waals surface area (Å²) >= 11 is 0. The van der Waals surface area contributed by atoms with Gasteiger partial charge in [0.25, 0.3) is 5.91 Å². The van der Waals surface area contributed by atoms with Crippen molar-refractivity contribution in [1.29, 1.82) is 0 Å². The van der Waals surface area contributed by atoms with E-state index in [2.05, 4.69) is 0 Å². The van der Waals surface area contributed by atoms with E-state index < -0.39 is 5.82 Å². The first-order valence-electron chi connectivity index (χ1n) is 10.5. The van der Waals surface area contributed by atoms with E-state index in [0.29, 0.717) is 24.3 Å². The fourth-order valence-corrected chi connectivity index (χ4v) is 3.36. The van der Waals surface area contributed by atoms with Crippen molar-refractivity contribution < 1.29 is 22.8 Å². The van der Waals surface area contributed by atoms with Crippen LogP contribution in [0.2, 0.25) is 0 Å². The van der Waals surface area contributed by atoms with Gasteiger partial charge in [-0.15, -0.1) is 0 Å². The molecule has 2 aromatic carbocycles. The third-order valence-electron chi connectivity index (χ3n) is 4.98. The van der Waals surface area contributed by atoms with Gasteiger partial charge in [-0.1, -0.05) is 19.1 Å². The highest BCUT2D eigenvalue weighted by molar-refractivity contribution is 5.96. The summed E-state index contributed by atoms with van der Waals surface area (Å²) in [5, 5.41) is 0. The van der Waals surface area contributed by atoms with Gasteiger partial charge in [0.1, 0.15) is 29.7 Å². The molecule has 5 nitrogen and oxygen atoms in total. The monoisotopic (exact) mass is 440 g/mol. The smallest absolute Gasteiger partial charge is 0.254 e. The standard InChI is InChI=1S/C25H26F2N2O3/c1-3-14-28(25(31)20-7-11-22(27)12-8-20)17-24(30)29(16-23-13-4-18(2)32-23)15-19-5-9-21(26)10-6-19/h4-13H,3,14-17H2,1-2H3. The van der Waals surface area contributed by atoms with Gasteiger partial charge in [0.2, 0.25) is 5.91 Å². The minimum Gasteiger partial charge on any atom is -0.464 e. The second-order valence-corrected chi connectivity index (χ2v) is 7.62. The van der Waals surface area contributed by atoms with Crippen LogP contribution in [0.3, 0.4) is 0 Å². The lowest BCUT2D eigenvalue weighted by atomic mass is 10.1. The summed E-state index contributed by atoms with van der Waals surface area (Å²) < 4.78 is 32.2. The lowest BCUT2D eigenvalue weighted by Crippen LogP contribution is -2.42. The highest BCUT2D eigenvalue weighted by Gasteiger charge is 2.23. The van der Waals surface area contributed by atoms with Crippen molar-refractivity contribution in [3.63, 3.8) is 0 Å². The number of carbonyl (C=O) groups excluding carboxylic acids is 2. The van der Waals surface area contributed by atoms with Crippen molar-refractivity contribution in [2.45, 2.75) is 33.4 Å². The molecule has 168 valence electrons. The molecule has 0 saturated carbocycles. The normalized spacial score (nSPS) is 10.8. The van der Waals surface area contributed by atoms with Crippen molar-refractivity contribution >= 4 is 11.8 Å². The average molecular weight is 440 g/mol. The lowest BCUT2D eigenvalue weighted by Gasteiger charge is -2.27. The molecule has 3 rings (SSSR count). The Morgan fingerprint density at radius 3 is 2.03 bits per heavy atom. The topological polar surface area (TPSA) is 53.8 Å². The number of halogens is 2. The van der Waals surface area contributed by atoms with Crippen molar-refractivity contribution in [1.82, 2.24) is 9.80 Å². The Bertz CT molecular complexity index is 1050. The van der Waals surface area contributed by atoms with Crippen LogP contribution in [-0.2, 0) is 17.9 Å². The van der Waals surface area contributed by atoms with Gasteiger partial charge < -0.3 is 14.2 Å². The maximum Gasteiger partial charge on any atom is 0.254 e. The minimum absolute atomic E-state index is 0.134. The van der Waals surface area contributed by atoms with Crippen molar-refractivity contribution in [2.24, 2.45) is 0 Å². The van der Waals surface area contributed by atoms with E-state index in [0.717, 1.165) is 11.3 Å². The third kappa shape index (κ3) is 6.26. The van der Waals surface area contributed by atoms with E-state index >= 15 is 0 Å². The maximum absolute atomic E-state index is 13.3. The molecule has 1 heterocycles. The van der Waals surface area contributed by atoms with Gasteiger partial charge in [0.15, 0.2) is 0 Å². The molecule has 3 aromatic rings. The van der Waals surface area contributed by atoms with E-state index in [1.165, 1.54) is 41.3 Å². The summed E-state index contributed by atoms with van der Waals surface area (Å²) in [6, 6.07) is 14.8. The fraction of sp³-hybridized carbons (Fsp3) is 0.280. The molecule has 0 N–H and O–H groups in total. The molecule has 1 aromatic heterocycles. The predicted octanol–water partition coefficient (Wildman–Crippen LogP) is 4.95. The van der Waals surface area contributed by atoms with Gasteiger partial charge in [0, 0.05) is 18.7 Å². The first-order valence-corrected chi connectivity index (χ1v) is 10.5.